The lowest BCUT2D eigenvalue weighted by Crippen LogP contribution is -2.21. The van der Waals surface area contributed by atoms with Crippen molar-refractivity contribution in [1.82, 2.24) is 0 Å². The Morgan fingerprint density at radius 3 is 2.67 bits per heavy atom. The van der Waals surface area contributed by atoms with Gasteiger partial charge in [-0.15, -0.1) is 0 Å². The van der Waals surface area contributed by atoms with Crippen molar-refractivity contribution in [2.24, 2.45) is 0 Å². The predicted octanol–water partition coefficient (Wildman–Crippen LogP) is 2.67. The number of phenols is 1. The van der Waals surface area contributed by atoms with Gasteiger partial charge in [0.25, 0.3) is 15.9 Å². The van der Waals surface area contributed by atoms with Crippen molar-refractivity contribution in [2.75, 3.05) is 23.3 Å². The second-order valence-electron chi connectivity index (χ2n) is 5.45. The molecule has 3 rings (SSSR count). The van der Waals surface area contributed by atoms with Crippen LogP contribution in [0.2, 0.25) is 5.02 Å². The van der Waals surface area contributed by atoms with Gasteiger partial charge in [-0.05, 0) is 36.4 Å². The van der Waals surface area contributed by atoms with Crippen LogP contribution in [0.5, 0.6) is 5.75 Å². The van der Waals surface area contributed by atoms with E-state index >= 15 is 0 Å². The number of aromatic hydroxyl groups is 1. The molecular weight excluding hydrogens is 396 g/mol. The van der Waals surface area contributed by atoms with Crippen LogP contribution in [-0.2, 0) is 24.3 Å². The molecule has 0 radical (unpaired) electrons. The van der Waals surface area contributed by atoms with Gasteiger partial charge in [-0.2, -0.15) is 0 Å². The average molecular weight is 411 g/mol. The summed E-state index contributed by atoms with van der Waals surface area (Å²) in [5.41, 5.74) is 0.183. The van der Waals surface area contributed by atoms with Crippen molar-refractivity contribution in [3.05, 3.63) is 59.5 Å². The second kappa shape index (κ2) is 7.77. The van der Waals surface area contributed by atoms with E-state index in [0.29, 0.717) is 11.6 Å². The number of hydrogen-bond acceptors (Lipinski definition) is 6. The summed E-state index contributed by atoms with van der Waals surface area (Å²) in [4.78, 5) is 12.0. The first-order valence-electron chi connectivity index (χ1n) is 7.72. The number of hydrogen-bond donors (Lipinski definition) is 3. The zero-order valence-electron chi connectivity index (χ0n) is 13.8. The van der Waals surface area contributed by atoms with Crippen LogP contribution < -0.4 is 10.0 Å². The van der Waals surface area contributed by atoms with E-state index in [4.69, 9.17) is 21.1 Å². The minimum Gasteiger partial charge on any atom is -0.506 e. The number of carbonyl (C=O) groups is 1. The molecule has 1 amide bonds. The molecule has 0 spiro atoms. The maximum atomic E-state index is 12.6. The molecule has 1 heterocycles. The van der Waals surface area contributed by atoms with Crippen molar-refractivity contribution < 1.29 is 27.8 Å². The van der Waals surface area contributed by atoms with Gasteiger partial charge in [0.2, 0.25) is 5.76 Å². The second-order valence-corrected chi connectivity index (χ2v) is 7.57. The van der Waals surface area contributed by atoms with E-state index in [2.05, 4.69) is 10.0 Å². The standard InChI is InChI=1S/C17H15ClN2O6S/c18-11-2-1-3-12(8-11)20-27(23,24)13-4-5-15(21)14(9-13)19-17(22)16-10-25-6-7-26-16/h1-5,8-10,20-21H,6-7H2,(H,19,22). The van der Waals surface area contributed by atoms with Crippen LogP contribution in [0.15, 0.2) is 59.4 Å². The number of benzene rings is 2. The highest BCUT2D eigenvalue weighted by Crippen LogP contribution is 2.28. The molecule has 1 aliphatic heterocycles. The molecule has 142 valence electrons. The number of amides is 1. The van der Waals surface area contributed by atoms with Crippen LogP contribution >= 0.6 is 11.6 Å². The fourth-order valence-electron chi connectivity index (χ4n) is 2.22. The summed E-state index contributed by atoms with van der Waals surface area (Å²) in [6.07, 6.45) is 1.15. The molecule has 10 heteroatoms. The van der Waals surface area contributed by atoms with Crippen molar-refractivity contribution >= 4 is 38.9 Å². The van der Waals surface area contributed by atoms with Gasteiger partial charge in [0.15, 0.2) is 0 Å². The fourth-order valence-corrected chi connectivity index (χ4v) is 3.49. The molecule has 3 N–H and O–H groups in total. The minimum atomic E-state index is -3.97. The van der Waals surface area contributed by atoms with E-state index in [9.17, 15) is 18.3 Å². The Labute approximate surface area is 160 Å². The molecule has 0 aliphatic carbocycles. The molecule has 0 saturated carbocycles. The molecule has 8 nitrogen and oxygen atoms in total. The fraction of sp³-hybridized carbons (Fsp3) is 0.118. The van der Waals surface area contributed by atoms with Gasteiger partial charge in [-0.25, -0.2) is 8.42 Å². The van der Waals surface area contributed by atoms with Gasteiger partial charge < -0.3 is 19.9 Å². The van der Waals surface area contributed by atoms with Crippen molar-refractivity contribution in [3.63, 3.8) is 0 Å². The summed E-state index contributed by atoms with van der Waals surface area (Å²) in [5, 5.41) is 12.7. The molecule has 0 fully saturated rings. The zero-order chi connectivity index (χ0) is 19.4. The summed E-state index contributed by atoms with van der Waals surface area (Å²) in [6.45, 7) is 0.536. The van der Waals surface area contributed by atoms with Gasteiger partial charge in [0.1, 0.15) is 25.2 Å². The van der Waals surface area contributed by atoms with Gasteiger partial charge >= 0.3 is 0 Å². The number of nitrogens with one attached hydrogen (secondary N) is 2. The third-order valence-corrected chi connectivity index (χ3v) is 5.09. The third kappa shape index (κ3) is 4.63. The molecule has 2 aromatic carbocycles. The topological polar surface area (TPSA) is 114 Å². The van der Waals surface area contributed by atoms with E-state index in [1.54, 1.807) is 18.2 Å². The van der Waals surface area contributed by atoms with Crippen LogP contribution in [0.1, 0.15) is 0 Å². The molecule has 27 heavy (non-hydrogen) atoms. The predicted molar refractivity (Wildman–Crippen MR) is 99.0 cm³/mol. The highest BCUT2D eigenvalue weighted by molar-refractivity contribution is 7.92. The first kappa shape index (κ1) is 18.9. The highest BCUT2D eigenvalue weighted by atomic mass is 35.5. The smallest absolute Gasteiger partial charge is 0.294 e. The minimum absolute atomic E-state index is 0.0778. The Balaban J connectivity index is 1.83. The Morgan fingerprint density at radius 2 is 1.96 bits per heavy atom. The van der Waals surface area contributed by atoms with E-state index in [-0.39, 0.29) is 34.4 Å². The number of anilines is 2. The maximum absolute atomic E-state index is 12.6. The van der Waals surface area contributed by atoms with Crippen LogP contribution in [0, 0.1) is 0 Å². The van der Waals surface area contributed by atoms with Gasteiger partial charge in [0.05, 0.1) is 16.3 Å². The molecular formula is C17H15ClN2O6S. The zero-order valence-corrected chi connectivity index (χ0v) is 15.4. The van der Waals surface area contributed by atoms with Crippen molar-refractivity contribution in [3.8, 4) is 5.75 Å². The first-order valence-corrected chi connectivity index (χ1v) is 9.58. The Bertz CT molecular complexity index is 1010. The van der Waals surface area contributed by atoms with E-state index in [0.717, 1.165) is 18.4 Å². The number of carbonyl (C=O) groups excluding carboxylic acids is 1. The van der Waals surface area contributed by atoms with Crippen molar-refractivity contribution in [1.29, 1.82) is 0 Å². The lowest BCUT2D eigenvalue weighted by Gasteiger charge is -2.16. The molecule has 1 aliphatic rings. The molecule has 2 aromatic rings. The number of halogens is 1. The van der Waals surface area contributed by atoms with E-state index < -0.39 is 15.9 Å². The lowest BCUT2D eigenvalue weighted by molar-refractivity contribution is -0.117. The van der Waals surface area contributed by atoms with Gasteiger partial charge in [0, 0.05) is 5.02 Å². The van der Waals surface area contributed by atoms with E-state index in [1.165, 1.54) is 12.1 Å². The SMILES string of the molecule is O=C(Nc1cc(S(=O)(=O)Nc2cccc(Cl)c2)ccc1O)C1=COCCO1. The monoisotopic (exact) mass is 410 g/mol. The quantitative estimate of drug-likeness (QED) is 0.653. The van der Waals surface area contributed by atoms with Crippen molar-refractivity contribution in [2.45, 2.75) is 4.90 Å². The Morgan fingerprint density at radius 1 is 1.15 bits per heavy atom. The first-order chi connectivity index (χ1) is 12.8. The lowest BCUT2D eigenvalue weighted by atomic mass is 10.3. The molecule has 0 saturated heterocycles. The number of phenolic OH excluding ortho intramolecular Hbond substituents is 1. The molecule has 0 unspecified atom stereocenters. The normalized spacial score (nSPS) is 13.7. The highest BCUT2D eigenvalue weighted by Gasteiger charge is 2.20. The summed E-state index contributed by atoms with van der Waals surface area (Å²) in [6, 6.07) is 9.70. The Hall–Kier alpha value is -2.91. The summed E-state index contributed by atoms with van der Waals surface area (Å²) < 4.78 is 37.6. The van der Waals surface area contributed by atoms with Crippen LogP contribution in [0.25, 0.3) is 0 Å². The summed E-state index contributed by atoms with van der Waals surface area (Å²) in [5.74, 6) is -1.06. The van der Waals surface area contributed by atoms with E-state index in [1.807, 2.05) is 0 Å². The molecule has 0 aromatic heterocycles. The molecule has 0 bridgehead atoms. The Kier molecular flexibility index (Phi) is 5.43. The average Bonchev–Trinajstić information content (AvgIpc) is 2.63. The van der Waals surface area contributed by atoms with Gasteiger partial charge in [-0.3, -0.25) is 9.52 Å². The third-order valence-electron chi connectivity index (χ3n) is 3.48. The van der Waals surface area contributed by atoms with Crippen LogP contribution in [0.3, 0.4) is 0 Å². The summed E-state index contributed by atoms with van der Waals surface area (Å²) >= 11 is 5.85. The van der Waals surface area contributed by atoms with Gasteiger partial charge in [-0.1, -0.05) is 17.7 Å². The number of ether oxygens (including phenoxy) is 2. The largest absolute Gasteiger partial charge is 0.506 e. The van der Waals surface area contributed by atoms with Crippen LogP contribution in [0.4, 0.5) is 11.4 Å². The number of sulfonamides is 1. The maximum Gasteiger partial charge on any atom is 0.294 e. The summed E-state index contributed by atoms with van der Waals surface area (Å²) in [7, 11) is -3.97. The van der Waals surface area contributed by atoms with Crippen LogP contribution in [-0.4, -0.2) is 32.6 Å². The molecule has 0 atom stereocenters. The number of rotatable bonds is 5.